The van der Waals surface area contributed by atoms with Crippen molar-refractivity contribution < 1.29 is 28.6 Å². The first-order chi connectivity index (χ1) is 16.5. The molecule has 0 spiro atoms. The molecule has 0 fully saturated rings. The van der Waals surface area contributed by atoms with E-state index in [0.717, 1.165) is 15.2 Å². The molecule has 0 bridgehead atoms. The highest BCUT2D eigenvalue weighted by atomic mass is 32.1. The first kappa shape index (κ1) is 25.0. The molecular formula is C24H27N3O6S. The van der Waals surface area contributed by atoms with Gasteiger partial charge in [0.25, 0.3) is 5.91 Å². The predicted molar refractivity (Wildman–Crippen MR) is 129 cm³/mol. The molecule has 180 valence electrons. The second kappa shape index (κ2) is 12.5. The Morgan fingerprint density at radius 1 is 1.00 bits per heavy atom. The van der Waals surface area contributed by atoms with Crippen LogP contribution in [-0.2, 0) is 20.7 Å². The highest BCUT2D eigenvalue weighted by Gasteiger charge is 2.13. The van der Waals surface area contributed by atoms with Gasteiger partial charge in [-0.05, 0) is 51.0 Å². The fourth-order valence-electron chi connectivity index (χ4n) is 3.08. The maximum atomic E-state index is 12.1. The van der Waals surface area contributed by atoms with Crippen molar-refractivity contribution in [2.45, 2.75) is 33.1 Å². The van der Waals surface area contributed by atoms with E-state index in [0.29, 0.717) is 43.2 Å². The Morgan fingerprint density at radius 3 is 2.53 bits per heavy atom. The first-order valence-corrected chi connectivity index (χ1v) is 11.8. The van der Waals surface area contributed by atoms with Crippen LogP contribution in [0.4, 0.5) is 10.5 Å². The lowest BCUT2D eigenvalue weighted by Crippen LogP contribution is -2.37. The molecule has 0 radical (unpaired) electrons. The monoisotopic (exact) mass is 485 g/mol. The summed E-state index contributed by atoms with van der Waals surface area (Å²) in [6.45, 7) is 4.06. The third kappa shape index (κ3) is 7.45. The highest BCUT2D eigenvalue weighted by Crippen LogP contribution is 2.30. The number of hydrogen-bond donors (Lipinski definition) is 2. The Labute approximate surface area is 201 Å². The van der Waals surface area contributed by atoms with Crippen molar-refractivity contribution in [3.63, 3.8) is 0 Å². The topological polar surface area (TPSA) is 116 Å². The number of carbonyl (C=O) groups excluding carboxylic acids is 3. The van der Waals surface area contributed by atoms with E-state index < -0.39 is 24.5 Å². The number of urea groups is 1. The number of esters is 1. The lowest BCUT2D eigenvalue weighted by Gasteiger charge is -2.13. The normalized spacial score (nSPS) is 10.5. The Hall–Kier alpha value is -3.66. The minimum absolute atomic E-state index is 0.155. The summed E-state index contributed by atoms with van der Waals surface area (Å²) in [6.07, 6.45) is 1.36. The van der Waals surface area contributed by atoms with Gasteiger partial charge in [-0.3, -0.25) is 14.9 Å². The molecule has 1 heterocycles. The average molecular weight is 486 g/mol. The zero-order valence-corrected chi connectivity index (χ0v) is 19.9. The van der Waals surface area contributed by atoms with Gasteiger partial charge in [-0.2, -0.15) is 0 Å². The number of hydrogen-bond acceptors (Lipinski definition) is 8. The number of fused-ring (bicyclic) bond motifs is 1. The molecular weight excluding hydrogens is 458 g/mol. The van der Waals surface area contributed by atoms with Gasteiger partial charge >= 0.3 is 12.0 Å². The number of nitrogens with zero attached hydrogens (tertiary/aromatic N) is 1. The number of nitrogens with one attached hydrogen (secondary N) is 2. The summed E-state index contributed by atoms with van der Waals surface area (Å²) >= 11 is 1.59. The van der Waals surface area contributed by atoms with Crippen LogP contribution >= 0.6 is 11.3 Å². The summed E-state index contributed by atoms with van der Waals surface area (Å²) in [6, 6.07) is 12.0. The van der Waals surface area contributed by atoms with E-state index in [-0.39, 0.29) is 6.42 Å². The van der Waals surface area contributed by atoms with Gasteiger partial charge in [-0.15, -0.1) is 11.3 Å². The standard InChI is InChI=1S/C24H27N3O6S/c1-3-31-18-13-12-16(14-19(18)32-4-2)25-24(30)27-21(28)15-33-23(29)11-7-10-22-26-17-8-5-6-9-20(17)34-22/h5-6,8-9,12-14H,3-4,7,10-11,15H2,1-2H3,(H2,25,27,28,30). The lowest BCUT2D eigenvalue weighted by molar-refractivity contribution is -0.148. The third-order valence-corrected chi connectivity index (χ3v) is 5.62. The summed E-state index contributed by atoms with van der Waals surface area (Å²) in [5, 5.41) is 5.61. The van der Waals surface area contributed by atoms with Crippen molar-refractivity contribution in [2.75, 3.05) is 25.1 Å². The van der Waals surface area contributed by atoms with Crippen molar-refractivity contribution >= 4 is 45.1 Å². The number of amides is 3. The van der Waals surface area contributed by atoms with Crippen molar-refractivity contribution in [3.05, 3.63) is 47.5 Å². The Bertz CT molecular complexity index is 1110. The molecule has 9 nitrogen and oxygen atoms in total. The lowest BCUT2D eigenvalue weighted by atomic mass is 10.2. The molecule has 3 aromatic rings. The number of anilines is 1. The first-order valence-electron chi connectivity index (χ1n) is 11.0. The molecule has 3 rings (SSSR count). The number of rotatable bonds is 11. The quantitative estimate of drug-likeness (QED) is 0.389. The smallest absolute Gasteiger partial charge is 0.325 e. The highest BCUT2D eigenvalue weighted by molar-refractivity contribution is 7.18. The molecule has 0 aliphatic rings. The maximum Gasteiger partial charge on any atom is 0.325 e. The van der Waals surface area contributed by atoms with E-state index in [9.17, 15) is 14.4 Å². The summed E-state index contributed by atoms with van der Waals surface area (Å²) < 4.78 is 17.1. The van der Waals surface area contributed by atoms with Crippen molar-refractivity contribution in [3.8, 4) is 11.5 Å². The van der Waals surface area contributed by atoms with Gasteiger partial charge in [0.05, 0.1) is 28.4 Å². The van der Waals surface area contributed by atoms with Crippen molar-refractivity contribution in [1.82, 2.24) is 10.3 Å². The van der Waals surface area contributed by atoms with Crippen LogP contribution in [-0.4, -0.2) is 42.7 Å². The largest absolute Gasteiger partial charge is 0.490 e. The molecule has 3 amide bonds. The molecule has 2 aromatic carbocycles. The molecule has 1 aromatic heterocycles. The number of aryl methyl sites for hydroxylation is 1. The molecule has 0 saturated heterocycles. The number of ether oxygens (including phenoxy) is 3. The van der Waals surface area contributed by atoms with Crippen molar-refractivity contribution in [1.29, 1.82) is 0 Å². The van der Waals surface area contributed by atoms with Crippen LogP contribution in [0.2, 0.25) is 0 Å². The third-order valence-electron chi connectivity index (χ3n) is 4.53. The molecule has 0 unspecified atom stereocenters. The van der Waals surface area contributed by atoms with E-state index in [1.54, 1.807) is 29.5 Å². The zero-order chi connectivity index (χ0) is 24.3. The van der Waals surface area contributed by atoms with Gasteiger partial charge in [-0.25, -0.2) is 9.78 Å². The summed E-state index contributed by atoms with van der Waals surface area (Å²) in [5.74, 6) is -0.202. The number of thiazole rings is 1. The fraction of sp³-hybridized carbons (Fsp3) is 0.333. The van der Waals surface area contributed by atoms with Crippen LogP contribution in [0.15, 0.2) is 42.5 Å². The second-order valence-corrected chi connectivity index (χ2v) is 8.23. The second-order valence-electron chi connectivity index (χ2n) is 7.12. The van der Waals surface area contributed by atoms with Crippen LogP contribution in [0.1, 0.15) is 31.7 Å². The molecule has 0 atom stereocenters. The summed E-state index contributed by atoms with van der Waals surface area (Å²) in [4.78, 5) is 40.5. The van der Waals surface area contributed by atoms with Gasteiger partial charge in [0.1, 0.15) is 0 Å². The number of benzene rings is 2. The Kier molecular flexibility index (Phi) is 9.21. The molecule has 0 saturated carbocycles. The van der Waals surface area contributed by atoms with Crippen LogP contribution in [0.5, 0.6) is 11.5 Å². The van der Waals surface area contributed by atoms with Gasteiger partial charge in [0.2, 0.25) is 0 Å². The van der Waals surface area contributed by atoms with Crippen LogP contribution in [0, 0.1) is 0 Å². The number of aromatic nitrogens is 1. The minimum Gasteiger partial charge on any atom is -0.490 e. The molecule has 0 aliphatic heterocycles. The minimum atomic E-state index is -0.747. The van der Waals surface area contributed by atoms with Gasteiger partial charge in [0, 0.05) is 18.2 Å². The van der Waals surface area contributed by atoms with Crippen LogP contribution < -0.4 is 20.1 Å². The van der Waals surface area contributed by atoms with E-state index >= 15 is 0 Å². The fourth-order valence-corrected chi connectivity index (χ4v) is 4.09. The van der Waals surface area contributed by atoms with E-state index in [4.69, 9.17) is 14.2 Å². The number of para-hydroxylation sites is 1. The van der Waals surface area contributed by atoms with E-state index in [1.165, 1.54) is 0 Å². The Balaban J connectivity index is 1.37. The predicted octanol–water partition coefficient (Wildman–Crippen LogP) is 4.31. The van der Waals surface area contributed by atoms with Crippen LogP contribution in [0.25, 0.3) is 10.2 Å². The van der Waals surface area contributed by atoms with E-state index in [2.05, 4.69) is 15.6 Å². The van der Waals surface area contributed by atoms with Crippen molar-refractivity contribution in [2.24, 2.45) is 0 Å². The molecule has 10 heteroatoms. The van der Waals surface area contributed by atoms with Gasteiger partial charge < -0.3 is 19.5 Å². The number of imide groups is 1. The average Bonchev–Trinajstić information content (AvgIpc) is 3.22. The maximum absolute atomic E-state index is 12.1. The Morgan fingerprint density at radius 2 is 1.76 bits per heavy atom. The summed E-state index contributed by atoms with van der Waals surface area (Å²) in [5.41, 5.74) is 1.36. The zero-order valence-electron chi connectivity index (χ0n) is 19.1. The SMILES string of the molecule is CCOc1ccc(NC(=O)NC(=O)COC(=O)CCCc2nc3ccccc3s2)cc1OCC. The van der Waals surface area contributed by atoms with Gasteiger partial charge in [0.15, 0.2) is 18.1 Å². The molecule has 2 N–H and O–H groups in total. The molecule has 0 aliphatic carbocycles. The van der Waals surface area contributed by atoms with Crippen LogP contribution in [0.3, 0.4) is 0 Å². The summed E-state index contributed by atoms with van der Waals surface area (Å²) in [7, 11) is 0. The van der Waals surface area contributed by atoms with Gasteiger partial charge in [-0.1, -0.05) is 12.1 Å². The van der Waals surface area contributed by atoms with E-state index in [1.807, 2.05) is 38.1 Å². The number of carbonyl (C=O) groups is 3. The molecule has 34 heavy (non-hydrogen) atoms.